The number of aliphatic carboxylic acids is 1. The normalized spacial score (nSPS) is 12.5. The Kier molecular flexibility index (Phi) is 4.93. The van der Waals surface area contributed by atoms with Crippen LogP contribution in [0.1, 0.15) is 25.8 Å². The highest BCUT2D eigenvalue weighted by Crippen LogP contribution is 2.32. The van der Waals surface area contributed by atoms with E-state index < -0.39 is 22.5 Å². The van der Waals surface area contributed by atoms with Gasteiger partial charge in [-0.15, -0.1) is 11.8 Å². The van der Waals surface area contributed by atoms with Gasteiger partial charge in [0.25, 0.3) is 5.56 Å². The molecule has 2 rings (SSSR count). The van der Waals surface area contributed by atoms with Crippen molar-refractivity contribution >= 4 is 28.8 Å². The molecule has 0 fully saturated rings. The molecule has 0 aromatic carbocycles. The van der Waals surface area contributed by atoms with E-state index in [1.54, 1.807) is 20.2 Å². The van der Waals surface area contributed by atoms with E-state index in [0.717, 1.165) is 28.3 Å². The number of aromatic nitrogens is 3. The third kappa shape index (κ3) is 3.03. The Bertz CT molecular complexity index is 885. The number of rotatable bonds is 5. The summed E-state index contributed by atoms with van der Waals surface area (Å²) < 4.78 is 2.33. The second-order valence-electron chi connectivity index (χ2n) is 5.37. The van der Waals surface area contributed by atoms with Crippen LogP contribution in [0.2, 0.25) is 0 Å². The van der Waals surface area contributed by atoms with Crippen molar-refractivity contribution in [2.45, 2.75) is 36.8 Å². The Morgan fingerprint density at radius 3 is 2.57 bits per heavy atom. The van der Waals surface area contributed by atoms with Gasteiger partial charge in [-0.25, -0.2) is 9.78 Å². The van der Waals surface area contributed by atoms with Crippen molar-refractivity contribution < 1.29 is 9.90 Å². The molecule has 1 N–H and O–H groups in total. The highest BCUT2D eigenvalue weighted by molar-refractivity contribution is 8.00. The molecule has 0 unspecified atom stereocenters. The molecule has 2 aromatic heterocycles. The highest BCUT2D eigenvalue weighted by atomic mass is 32.2. The van der Waals surface area contributed by atoms with Crippen molar-refractivity contribution in [2.75, 3.05) is 0 Å². The molecule has 0 spiro atoms. The largest absolute Gasteiger partial charge is 0.480 e. The molecular weight excluding hydrogens is 318 g/mol. The van der Waals surface area contributed by atoms with E-state index in [2.05, 4.69) is 4.98 Å². The Morgan fingerprint density at radius 1 is 1.35 bits per heavy atom. The van der Waals surface area contributed by atoms with E-state index in [4.69, 9.17) is 0 Å². The molecule has 0 aliphatic carbocycles. The second kappa shape index (κ2) is 6.57. The zero-order chi connectivity index (χ0) is 17.3. The van der Waals surface area contributed by atoms with Crippen LogP contribution >= 0.6 is 11.8 Å². The molecule has 2 heterocycles. The van der Waals surface area contributed by atoms with E-state index in [1.165, 1.54) is 11.6 Å². The Balaban J connectivity index is 2.88. The third-order valence-corrected chi connectivity index (χ3v) is 4.91. The number of nitrogens with zero attached hydrogens (tertiary/aromatic N) is 3. The molecule has 0 bridgehead atoms. The molecule has 0 aliphatic rings. The van der Waals surface area contributed by atoms with E-state index in [9.17, 15) is 19.5 Å². The summed E-state index contributed by atoms with van der Waals surface area (Å²) in [6.07, 6.45) is 3.15. The SMILES string of the molecule is CCCc1cnc2c(c1S[C@H](C)C(=O)O)c(=O)n(C)c(=O)n2C. The lowest BCUT2D eigenvalue weighted by atomic mass is 10.1. The summed E-state index contributed by atoms with van der Waals surface area (Å²) in [5.41, 5.74) is 0.195. The number of carboxylic acids is 1. The summed E-state index contributed by atoms with van der Waals surface area (Å²) in [6.45, 7) is 3.57. The van der Waals surface area contributed by atoms with Gasteiger partial charge in [-0.05, 0) is 18.9 Å². The Hall–Kier alpha value is -2.09. The maximum Gasteiger partial charge on any atom is 0.332 e. The van der Waals surface area contributed by atoms with Crippen molar-refractivity contribution in [1.29, 1.82) is 0 Å². The summed E-state index contributed by atoms with van der Waals surface area (Å²) in [7, 11) is 2.96. The first-order valence-corrected chi connectivity index (χ1v) is 8.14. The summed E-state index contributed by atoms with van der Waals surface area (Å²) >= 11 is 1.12. The van der Waals surface area contributed by atoms with Gasteiger partial charge in [-0.1, -0.05) is 13.3 Å². The van der Waals surface area contributed by atoms with Crippen LogP contribution in [0.3, 0.4) is 0 Å². The number of thioether (sulfide) groups is 1. The maximum atomic E-state index is 12.6. The second-order valence-corrected chi connectivity index (χ2v) is 6.72. The van der Waals surface area contributed by atoms with Crippen LogP contribution in [0.5, 0.6) is 0 Å². The molecule has 2 aromatic rings. The Morgan fingerprint density at radius 2 is 2.00 bits per heavy atom. The zero-order valence-corrected chi connectivity index (χ0v) is 14.3. The first kappa shape index (κ1) is 17.3. The molecular formula is C15H19N3O4S. The van der Waals surface area contributed by atoms with Crippen molar-refractivity contribution in [3.05, 3.63) is 32.6 Å². The molecule has 1 atom stereocenters. The fraction of sp³-hybridized carbons (Fsp3) is 0.467. The number of carboxylic acid groups (broad SMARTS) is 1. The quantitative estimate of drug-likeness (QED) is 0.823. The monoisotopic (exact) mass is 337 g/mol. The fourth-order valence-electron chi connectivity index (χ4n) is 2.35. The molecule has 0 saturated carbocycles. The minimum atomic E-state index is -0.955. The predicted molar refractivity (Wildman–Crippen MR) is 89.2 cm³/mol. The van der Waals surface area contributed by atoms with Gasteiger partial charge in [0.1, 0.15) is 10.9 Å². The summed E-state index contributed by atoms with van der Waals surface area (Å²) in [5, 5.41) is 8.78. The number of carbonyl (C=O) groups is 1. The zero-order valence-electron chi connectivity index (χ0n) is 13.5. The molecule has 7 nitrogen and oxygen atoms in total. The molecule has 0 amide bonds. The van der Waals surface area contributed by atoms with Crippen molar-refractivity contribution in [3.63, 3.8) is 0 Å². The van der Waals surface area contributed by atoms with Gasteiger partial charge in [0.2, 0.25) is 0 Å². The fourth-order valence-corrected chi connectivity index (χ4v) is 3.41. The van der Waals surface area contributed by atoms with Crippen molar-refractivity contribution in [3.8, 4) is 0 Å². The number of pyridine rings is 1. The number of hydrogen-bond acceptors (Lipinski definition) is 5. The third-order valence-electron chi connectivity index (χ3n) is 3.66. The van der Waals surface area contributed by atoms with E-state index in [1.807, 2.05) is 6.92 Å². The smallest absolute Gasteiger partial charge is 0.332 e. The molecule has 0 aliphatic heterocycles. The lowest BCUT2D eigenvalue weighted by Gasteiger charge is -2.15. The van der Waals surface area contributed by atoms with E-state index >= 15 is 0 Å². The van der Waals surface area contributed by atoms with Crippen LogP contribution in [0.25, 0.3) is 11.0 Å². The van der Waals surface area contributed by atoms with Crippen molar-refractivity contribution in [1.82, 2.24) is 14.1 Å². The van der Waals surface area contributed by atoms with Gasteiger partial charge in [-0.2, -0.15) is 0 Å². The van der Waals surface area contributed by atoms with Gasteiger partial charge in [-0.3, -0.25) is 18.7 Å². The standard InChI is InChI=1S/C15H19N3O4S/c1-5-6-9-7-16-12-10(11(9)23-8(2)14(20)21)13(19)18(4)15(22)17(12)3/h7-8H,5-6H2,1-4H3,(H,20,21)/t8-/m1/s1. The minimum absolute atomic E-state index is 0.276. The van der Waals surface area contributed by atoms with E-state index in [0.29, 0.717) is 16.7 Å². The van der Waals surface area contributed by atoms with Crippen LogP contribution in [0.15, 0.2) is 20.7 Å². The van der Waals surface area contributed by atoms with Gasteiger partial charge >= 0.3 is 11.7 Å². The van der Waals surface area contributed by atoms with Gasteiger partial charge in [0.15, 0.2) is 0 Å². The first-order valence-electron chi connectivity index (χ1n) is 7.26. The average Bonchev–Trinajstić information content (AvgIpc) is 2.52. The molecule has 23 heavy (non-hydrogen) atoms. The molecule has 8 heteroatoms. The van der Waals surface area contributed by atoms with Gasteiger partial charge in [0, 0.05) is 25.2 Å². The molecule has 124 valence electrons. The minimum Gasteiger partial charge on any atom is -0.480 e. The topological polar surface area (TPSA) is 94.2 Å². The first-order chi connectivity index (χ1) is 10.8. The maximum absolute atomic E-state index is 12.6. The van der Waals surface area contributed by atoms with Crippen LogP contribution in [-0.2, 0) is 25.3 Å². The van der Waals surface area contributed by atoms with E-state index in [-0.39, 0.29) is 5.65 Å². The number of fused-ring (bicyclic) bond motifs is 1. The Labute approximate surface area is 137 Å². The summed E-state index contributed by atoms with van der Waals surface area (Å²) in [4.78, 5) is 40.7. The van der Waals surface area contributed by atoms with Crippen LogP contribution in [-0.4, -0.2) is 30.4 Å². The van der Waals surface area contributed by atoms with Crippen molar-refractivity contribution in [2.24, 2.45) is 14.1 Å². The molecule has 0 radical (unpaired) electrons. The van der Waals surface area contributed by atoms with Crippen LogP contribution in [0.4, 0.5) is 0 Å². The van der Waals surface area contributed by atoms with Gasteiger partial charge in [0.05, 0.1) is 5.39 Å². The lowest BCUT2D eigenvalue weighted by Crippen LogP contribution is -2.37. The summed E-state index contributed by atoms with van der Waals surface area (Å²) in [6, 6.07) is 0. The average molecular weight is 337 g/mol. The number of hydrogen-bond donors (Lipinski definition) is 1. The number of aryl methyl sites for hydroxylation is 2. The van der Waals surface area contributed by atoms with Crippen LogP contribution in [0, 0.1) is 0 Å². The van der Waals surface area contributed by atoms with Gasteiger partial charge < -0.3 is 5.11 Å². The summed E-state index contributed by atoms with van der Waals surface area (Å²) in [5.74, 6) is -0.955. The van der Waals surface area contributed by atoms with Crippen LogP contribution < -0.4 is 11.2 Å². The predicted octanol–water partition coefficient (Wildman–Crippen LogP) is 1.15. The lowest BCUT2D eigenvalue weighted by molar-refractivity contribution is -0.136. The highest BCUT2D eigenvalue weighted by Gasteiger charge is 2.21. The molecule has 0 saturated heterocycles.